The van der Waals surface area contributed by atoms with Gasteiger partial charge in [0, 0.05) is 25.3 Å². The van der Waals surface area contributed by atoms with E-state index in [2.05, 4.69) is 4.90 Å². The lowest BCUT2D eigenvalue weighted by Crippen LogP contribution is -2.28. The van der Waals surface area contributed by atoms with E-state index in [1.165, 1.54) is 0 Å². The van der Waals surface area contributed by atoms with Crippen LogP contribution in [0.2, 0.25) is 0 Å². The lowest BCUT2D eigenvalue weighted by atomic mass is 10.1. The zero-order valence-corrected chi connectivity index (χ0v) is 13.4. The molecule has 1 atom stereocenters. The van der Waals surface area contributed by atoms with Gasteiger partial charge in [-0.3, -0.25) is 0 Å². The largest absolute Gasteiger partial charge is 0.396 e. The molecule has 1 unspecified atom stereocenters. The Morgan fingerprint density at radius 1 is 1.38 bits per heavy atom. The van der Waals surface area contributed by atoms with Gasteiger partial charge in [0.25, 0.3) is 0 Å². The molecule has 0 saturated carbocycles. The Hall–Kier alpha value is -1.02. The second-order valence-corrected chi connectivity index (χ2v) is 7.89. The lowest BCUT2D eigenvalue weighted by molar-refractivity contribution is 0.224. The van der Waals surface area contributed by atoms with Gasteiger partial charge in [0.15, 0.2) is 9.84 Å². The molecule has 0 spiro atoms. The van der Waals surface area contributed by atoms with Crippen LogP contribution in [0.4, 0.5) is 0 Å². The summed E-state index contributed by atoms with van der Waals surface area (Å²) >= 11 is 4.85. The number of rotatable bonds is 6. The van der Waals surface area contributed by atoms with Crippen LogP contribution in [-0.4, -0.2) is 55.4 Å². The van der Waals surface area contributed by atoms with Gasteiger partial charge >= 0.3 is 0 Å². The maximum Gasteiger partial charge on any atom is 0.179 e. The van der Waals surface area contributed by atoms with Crippen LogP contribution < -0.4 is 5.73 Å². The van der Waals surface area contributed by atoms with Gasteiger partial charge in [-0.1, -0.05) is 24.4 Å². The van der Waals surface area contributed by atoms with Crippen LogP contribution in [0.3, 0.4) is 0 Å². The fourth-order valence-corrected chi connectivity index (χ4v) is 3.88. The molecule has 7 heteroatoms. The molecule has 1 aromatic carbocycles. The number of sulfone groups is 1. The minimum absolute atomic E-state index is 0.0809. The van der Waals surface area contributed by atoms with Crippen molar-refractivity contribution in [1.29, 1.82) is 0 Å². The molecule has 1 saturated heterocycles. The monoisotopic (exact) mass is 328 g/mol. The van der Waals surface area contributed by atoms with Crippen molar-refractivity contribution in [2.45, 2.75) is 11.3 Å². The minimum atomic E-state index is -3.30. The van der Waals surface area contributed by atoms with Gasteiger partial charge in [-0.05, 0) is 31.0 Å². The number of nitrogens with two attached hydrogens (primary N) is 1. The van der Waals surface area contributed by atoms with Crippen LogP contribution >= 0.6 is 12.2 Å². The third-order valence-electron chi connectivity index (χ3n) is 3.80. The van der Waals surface area contributed by atoms with Gasteiger partial charge < -0.3 is 15.7 Å². The Bertz CT molecular complexity index is 599. The normalized spacial score (nSPS) is 19.8. The Balaban J connectivity index is 1.97. The minimum Gasteiger partial charge on any atom is -0.396 e. The Morgan fingerprint density at radius 3 is 2.57 bits per heavy atom. The third kappa shape index (κ3) is 4.23. The van der Waals surface area contributed by atoms with E-state index in [0.717, 1.165) is 19.5 Å². The van der Waals surface area contributed by atoms with Crippen molar-refractivity contribution >= 4 is 27.0 Å². The van der Waals surface area contributed by atoms with Gasteiger partial charge in [0.05, 0.1) is 10.6 Å². The van der Waals surface area contributed by atoms with E-state index in [4.69, 9.17) is 23.1 Å². The average Bonchev–Trinajstić information content (AvgIpc) is 2.93. The van der Waals surface area contributed by atoms with E-state index < -0.39 is 9.84 Å². The standard InChI is InChI=1S/C14H20N2O3S2/c15-14(20)12-1-3-13(4-2-12)21(18,19)8-7-16-6-5-11(9-16)10-17/h1-4,11,17H,5-10H2,(H2,15,20). The SMILES string of the molecule is NC(=S)c1ccc(S(=O)(=O)CCN2CCC(CO)C2)cc1. The molecule has 21 heavy (non-hydrogen) atoms. The van der Waals surface area contributed by atoms with Gasteiger partial charge in [0.2, 0.25) is 0 Å². The highest BCUT2D eigenvalue weighted by molar-refractivity contribution is 7.91. The second-order valence-electron chi connectivity index (χ2n) is 5.35. The summed E-state index contributed by atoms with van der Waals surface area (Å²) in [4.78, 5) is 2.63. The number of likely N-dealkylation sites (tertiary alicyclic amines) is 1. The zero-order valence-electron chi connectivity index (χ0n) is 11.7. The molecule has 1 aliphatic heterocycles. The summed E-state index contributed by atoms with van der Waals surface area (Å²) in [5, 5.41) is 9.10. The molecule has 0 radical (unpaired) electrons. The van der Waals surface area contributed by atoms with Crippen LogP contribution in [0.15, 0.2) is 29.2 Å². The van der Waals surface area contributed by atoms with E-state index in [1.54, 1.807) is 24.3 Å². The van der Waals surface area contributed by atoms with E-state index in [-0.39, 0.29) is 23.3 Å². The lowest BCUT2D eigenvalue weighted by Gasteiger charge is -2.15. The number of aliphatic hydroxyl groups is 1. The number of nitrogens with zero attached hydrogens (tertiary/aromatic N) is 1. The van der Waals surface area contributed by atoms with Crippen LogP contribution in [0, 0.1) is 5.92 Å². The maximum atomic E-state index is 12.3. The molecular weight excluding hydrogens is 308 g/mol. The molecule has 5 nitrogen and oxygen atoms in total. The van der Waals surface area contributed by atoms with E-state index >= 15 is 0 Å². The summed E-state index contributed by atoms with van der Waals surface area (Å²) in [6.45, 7) is 2.28. The highest BCUT2D eigenvalue weighted by Gasteiger charge is 2.23. The summed E-state index contributed by atoms with van der Waals surface area (Å²) in [5.74, 6) is 0.356. The van der Waals surface area contributed by atoms with E-state index in [1.807, 2.05) is 0 Å². The van der Waals surface area contributed by atoms with E-state index in [0.29, 0.717) is 17.0 Å². The molecule has 1 aliphatic rings. The first-order valence-electron chi connectivity index (χ1n) is 6.88. The van der Waals surface area contributed by atoms with Gasteiger partial charge in [0.1, 0.15) is 4.99 Å². The quantitative estimate of drug-likeness (QED) is 0.736. The third-order valence-corrected chi connectivity index (χ3v) is 5.75. The molecule has 116 valence electrons. The smallest absolute Gasteiger partial charge is 0.179 e. The number of hydrogen-bond acceptors (Lipinski definition) is 5. The van der Waals surface area contributed by atoms with Crippen LogP contribution in [0.25, 0.3) is 0 Å². The summed E-state index contributed by atoms with van der Waals surface area (Å²) in [6.07, 6.45) is 0.930. The molecule has 2 rings (SSSR count). The summed E-state index contributed by atoms with van der Waals surface area (Å²) in [6, 6.07) is 6.36. The topological polar surface area (TPSA) is 83.6 Å². The van der Waals surface area contributed by atoms with Crippen molar-refractivity contribution in [2.24, 2.45) is 11.7 Å². The highest BCUT2D eigenvalue weighted by atomic mass is 32.2. The molecule has 0 amide bonds. The predicted molar refractivity (Wildman–Crippen MR) is 86.0 cm³/mol. The van der Waals surface area contributed by atoms with Crippen molar-refractivity contribution in [1.82, 2.24) is 4.90 Å². The fraction of sp³-hybridized carbons (Fsp3) is 0.500. The van der Waals surface area contributed by atoms with Gasteiger partial charge in [-0.15, -0.1) is 0 Å². The molecule has 0 aromatic heterocycles. The molecule has 1 heterocycles. The Kier molecular flexibility index (Phi) is 5.32. The van der Waals surface area contributed by atoms with Crippen LogP contribution in [0.1, 0.15) is 12.0 Å². The first-order valence-corrected chi connectivity index (χ1v) is 8.94. The van der Waals surface area contributed by atoms with Crippen molar-refractivity contribution in [3.63, 3.8) is 0 Å². The zero-order chi connectivity index (χ0) is 15.5. The van der Waals surface area contributed by atoms with Crippen molar-refractivity contribution in [2.75, 3.05) is 32.0 Å². The van der Waals surface area contributed by atoms with Crippen molar-refractivity contribution in [3.8, 4) is 0 Å². The molecular formula is C14H20N2O3S2. The summed E-state index contributed by atoms with van der Waals surface area (Å²) < 4.78 is 24.6. The summed E-state index contributed by atoms with van der Waals surface area (Å²) in [7, 11) is -3.30. The Labute approximate surface area is 130 Å². The van der Waals surface area contributed by atoms with Crippen molar-refractivity contribution < 1.29 is 13.5 Å². The Morgan fingerprint density at radius 2 is 2.05 bits per heavy atom. The second kappa shape index (κ2) is 6.83. The summed E-state index contributed by atoms with van der Waals surface area (Å²) in [5.41, 5.74) is 6.16. The first kappa shape index (κ1) is 16.4. The van der Waals surface area contributed by atoms with Gasteiger partial charge in [-0.25, -0.2) is 8.42 Å². The first-order chi connectivity index (χ1) is 9.92. The fourth-order valence-electron chi connectivity index (χ4n) is 2.46. The number of thiocarbonyl (C=S) groups is 1. The number of benzene rings is 1. The molecule has 0 aliphatic carbocycles. The van der Waals surface area contributed by atoms with E-state index in [9.17, 15) is 8.42 Å². The van der Waals surface area contributed by atoms with Crippen LogP contribution in [-0.2, 0) is 9.84 Å². The predicted octanol–water partition coefficient (Wildman–Crippen LogP) is 0.409. The molecule has 0 bridgehead atoms. The highest BCUT2D eigenvalue weighted by Crippen LogP contribution is 2.17. The molecule has 1 fully saturated rings. The number of hydrogen-bond donors (Lipinski definition) is 2. The van der Waals surface area contributed by atoms with Crippen LogP contribution in [0.5, 0.6) is 0 Å². The van der Waals surface area contributed by atoms with Crippen molar-refractivity contribution in [3.05, 3.63) is 29.8 Å². The molecule has 3 N–H and O–H groups in total. The van der Waals surface area contributed by atoms with Gasteiger partial charge in [-0.2, -0.15) is 0 Å². The molecule has 1 aromatic rings. The number of aliphatic hydroxyl groups excluding tert-OH is 1. The average molecular weight is 328 g/mol. The maximum absolute atomic E-state index is 12.3.